The van der Waals surface area contributed by atoms with Gasteiger partial charge < -0.3 is 25.2 Å². The number of alkyl halides is 6. The number of aliphatic carboxylic acids is 2. The Labute approximate surface area is 208 Å². The third-order valence-electron chi connectivity index (χ3n) is 3.70. The van der Waals surface area contributed by atoms with Crippen molar-refractivity contribution in [3.05, 3.63) is 40.1 Å². The fraction of sp³-hybridized carbons (Fsp3) is 0.350. The van der Waals surface area contributed by atoms with Gasteiger partial charge in [-0.2, -0.15) is 26.3 Å². The summed E-state index contributed by atoms with van der Waals surface area (Å²) in [6, 6.07) is 8.22. The standard InChI is InChI=1S/C16H19N3OS2.2C2HF3O2/c1-19(2)9-11-6-13(21-10-11)8-17-16-18-14-5-4-12(20-3)7-15(14)22-16;2*3-2(4,5)1(6)7/h4-7,10H,8-9H2,1-3H3,(H,17,18);2*(H,6,7). The molecule has 0 spiro atoms. The topological polar surface area (TPSA) is 112 Å². The Morgan fingerprint density at radius 2 is 1.61 bits per heavy atom. The normalized spacial score (nSPS) is 11.3. The molecule has 16 heteroatoms. The zero-order valence-electron chi connectivity index (χ0n) is 18.9. The molecule has 0 unspecified atom stereocenters. The van der Waals surface area contributed by atoms with Gasteiger partial charge in [0.15, 0.2) is 5.13 Å². The smallest absolute Gasteiger partial charge is 0.490 e. The molecule has 8 nitrogen and oxygen atoms in total. The van der Waals surface area contributed by atoms with Crippen molar-refractivity contribution in [3.8, 4) is 5.75 Å². The fourth-order valence-corrected chi connectivity index (χ4v) is 3.95. The number of nitrogens with zero attached hydrogens (tertiary/aromatic N) is 2. The molecule has 0 aliphatic heterocycles. The van der Waals surface area contributed by atoms with E-state index in [1.807, 2.05) is 18.2 Å². The molecule has 0 atom stereocenters. The first-order valence-corrected chi connectivity index (χ1v) is 11.2. The molecule has 0 saturated carbocycles. The number of anilines is 1. The first-order valence-electron chi connectivity index (χ1n) is 9.52. The molecule has 0 aliphatic rings. The van der Waals surface area contributed by atoms with E-state index in [0.29, 0.717) is 0 Å². The van der Waals surface area contributed by atoms with Gasteiger partial charge in [-0.25, -0.2) is 14.6 Å². The Bertz CT molecular complexity index is 1120. The number of ether oxygens (including phenoxy) is 1. The maximum atomic E-state index is 10.6. The summed E-state index contributed by atoms with van der Waals surface area (Å²) in [5.74, 6) is -4.64. The molecular weight excluding hydrogens is 540 g/mol. The lowest BCUT2D eigenvalue weighted by Gasteiger charge is -2.06. The van der Waals surface area contributed by atoms with Crippen LogP contribution in [0.25, 0.3) is 10.2 Å². The zero-order valence-corrected chi connectivity index (χ0v) is 20.5. The van der Waals surface area contributed by atoms with Crippen LogP contribution in [0.4, 0.5) is 31.5 Å². The highest BCUT2D eigenvalue weighted by molar-refractivity contribution is 7.22. The maximum absolute atomic E-state index is 10.6. The molecule has 2 aromatic heterocycles. The van der Waals surface area contributed by atoms with Crippen LogP contribution in [0.5, 0.6) is 5.75 Å². The second kappa shape index (κ2) is 13.3. The summed E-state index contributed by atoms with van der Waals surface area (Å²) in [5, 5.41) is 20.8. The van der Waals surface area contributed by atoms with Gasteiger partial charge in [-0.3, -0.25) is 0 Å². The van der Waals surface area contributed by atoms with Crippen molar-refractivity contribution in [3.63, 3.8) is 0 Å². The van der Waals surface area contributed by atoms with E-state index in [9.17, 15) is 26.3 Å². The van der Waals surface area contributed by atoms with Crippen LogP contribution in [0.15, 0.2) is 29.6 Å². The number of methoxy groups -OCH3 is 1. The number of aromatic nitrogens is 1. The van der Waals surface area contributed by atoms with Gasteiger partial charge in [0.1, 0.15) is 5.75 Å². The predicted molar refractivity (Wildman–Crippen MR) is 123 cm³/mol. The molecule has 3 rings (SSSR count). The van der Waals surface area contributed by atoms with Crippen molar-refractivity contribution in [2.24, 2.45) is 0 Å². The predicted octanol–water partition coefficient (Wildman–Crippen LogP) is 5.31. The summed E-state index contributed by atoms with van der Waals surface area (Å²) in [6.45, 7) is 1.80. The summed E-state index contributed by atoms with van der Waals surface area (Å²) in [5.41, 5.74) is 2.37. The van der Waals surface area contributed by atoms with Crippen LogP contribution < -0.4 is 10.1 Å². The minimum atomic E-state index is -5.08. The Hall–Kier alpha value is -3.11. The van der Waals surface area contributed by atoms with Gasteiger partial charge in [0, 0.05) is 11.4 Å². The average molecular weight is 562 g/mol. The van der Waals surface area contributed by atoms with Crippen LogP contribution >= 0.6 is 22.7 Å². The molecule has 1 aromatic carbocycles. The van der Waals surface area contributed by atoms with Gasteiger partial charge >= 0.3 is 24.3 Å². The van der Waals surface area contributed by atoms with Gasteiger partial charge in [-0.05, 0) is 49.3 Å². The van der Waals surface area contributed by atoms with E-state index in [1.165, 1.54) is 10.4 Å². The van der Waals surface area contributed by atoms with E-state index >= 15 is 0 Å². The number of hydrogen-bond acceptors (Lipinski definition) is 8. The van der Waals surface area contributed by atoms with Crippen LogP contribution in [0.3, 0.4) is 0 Å². The van der Waals surface area contributed by atoms with E-state index in [1.54, 1.807) is 29.8 Å². The van der Waals surface area contributed by atoms with Crippen LogP contribution in [-0.4, -0.2) is 65.6 Å². The van der Waals surface area contributed by atoms with Crippen LogP contribution in [0.2, 0.25) is 0 Å². The summed E-state index contributed by atoms with van der Waals surface area (Å²) in [6.07, 6.45) is -10.2. The number of thiophene rings is 1. The molecular formula is C20H21F6N3O5S2. The van der Waals surface area contributed by atoms with E-state index in [4.69, 9.17) is 24.5 Å². The summed E-state index contributed by atoms with van der Waals surface area (Å²) in [7, 11) is 5.86. The number of carboxylic acids is 2. The molecule has 0 saturated heterocycles. The lowest BCUT2D eigenvalue weighted by atomic mass is 10.3. The molecule has 0 bridgehead atoms. The molecule has 0 radical (unpaired) electrons. The zero-order chi connectivity index (χ0) is 27.7. The second-order valence-corrected chi connectivity index (χ2v) is 9.00. The largest absolute Gasteiger partial charge is 0.497 e. The van der Waals surface area contributed by atoms with Gasteiger partial charge in [0.2, 0.25) is 0 Å². The lowest BCUT2D eigenvalue weighted by molar-refractivity contribution is -0.193. The van der Waals surface area contributed by atoms with Gasteiger partial charge in [0.05, 0.1) is 23.9 Å². The van der Waals surface area contributed by atoms with Crippen molar-refractivity contribution < 1.29 is 50.9 Å². The van der Waals surface area contributed by atoms with Gasteiger partial charge in [-0.1, -0.05) is 11.3 Å². The molecule has 200 valence electrons. The first kappa shape index (κ1) is 30.9. The third kappa shape index (κ3) is 11.1. The second-order valence-electron chi connectivity index (χ2n) is 6.97. The van der Waals surface area contributed by atoms with E-state index < -0.39 is 24.3 Å². The summed E-state index contributed by atoms with van der Waals surface area (Å²) < 4.78 is 69.9. The van der Waals surface area contributed by atoms with E-state index in [2.05, 4.69) is 40.7 Å². The van der Waals surface area contributed by atoms with Crippen LogP contribution in [0, 0.1) is 0 Å². The van der Waals surface area contributed by atoms with Crippen LogP contribution in [0.1, 0.15) is 10.4 Å². The summed E-state index contributed by atoms with van der Waals surface area (Å²) in [4.78, 5) is 25.9. The Morgan fingerprint density at radius 3 is 2.08 bits per heavy atom. The van der Waals surface area contributed by atoms with Crippen molar-refractivity contribution in [2.75, 3.05) is 26.5 Å². The highest BCUT2D eigenvalue weighted by Crippen LogP contribution is 2.29. The van der Waals surface area contributed by atoms with E-state index in [-0.39, 0.29) is 0 Å². The number of hydrogen-bond donors (Lipinski definition) is 3. The van der Waals surface area contributed by atoms with Crippen molar-refractivity contribution in [1.82, 2.24) is 9.88 Å². The van der Waals surface area contributed by atoms with Crippen molar-refractivity contribution in [1.29, 1.82) is 0 Å². The average Bonchev–Trinajstić information content (AvgIpc) is 3.36. The highest BCUT2D eigenvalue weighted by Gasteiger charge is 2.38. The molecule has 0 amide bonds. The Balaban J connectivity index is 0.000000383. The van der Waals surface area contributed by atoms with Crippen molar-refractivity contribution >= 4 is 50.0 Å². The Morgan fingerprint density at radius 1 is 1.06 bits per heavy atom. The Kier molecular flexibility index (Phi) is 11.4. The van der Waals surface area contributed by atoms with Crippen molar-refractivity contribution in [2.45, 2.75) is 25.4 Å². The number of carboxylic acid groups (broad SMARTS) is 2. The number of fused-ring (bicyclic) bond motifs is 1. The fourth-order valence-electron chi connectivity index (χ4n) is 2.24. The molecule has 0 fully saturated rings. The number of halogens is 6. The SMILES string of the molecule is COc1ccc2nc(NCc3cc(CN(C)C)cs3)sc2c1.O=C(O)C(F)(F)F.O=C(O)C(F)(F)F. The third-order valence-corrected chi connectivity index (χ3v) is 5.66. The molecule has 36 heavy (non-hydrogen) atoms. The van der Waals surface area contributed by atoms with Crippen LogP contribution in [-0.2, 0) is 22.7 Å². The number of thiazole rings is 1. The number of carbonyl (C=O) groups is 2. The van der Waals surface area contributed by atoms with Gasteiger partial charge in [0.25, 0.3) is 0 Å². The highest BCUT2D eigenvalue weighted by atomic mass is 32.1. The number of benzene rings is 1. The molecule has 3 aromatic rings. The number of nitrogens with one attached hydrogen (secondary N) is 1. The quantitative estimate of drug-likeness (QED) is 0.348. The number of rotatable bonds is 6. The molecule has 2 heterocycles. The van der Waals surface area contributed by atoms with E-state index in [0.717, 1.165) is 34.2 Å². The first-order chi connectivity index (χ1) is 16.5. The molecule has 0 aliphatic carbocycles. The lowest BCUT2D eigenvalue weighted by Crippen LogP contribution is -2.21. The monoisotopic (exact) mass is 561 g/mol. The minimum Gasteiger partial charge on any atom is -0.497 e. The van der Waals surface area contributed by atoms with Gasteiger partial charge in [-0.15, -0.1) is 11.3 Å². The maximum Gasteiger partial charge on any atom is 0.490 e. The minimum absolute atomic E-state index is 0.815. The molecule has 3 N–H and O–H groups in total. The summed E-state index contributed by atoms with van der Waals surface area (Å²) >= 11 is 3.45.